The fourth-order valence-electron chi connectivity index (χ4n) is 3.90. The van der Waals surface area contributed by atoms with Crippen LogP contribution < -0.4 is 10.7 Å². The van der Waals surface area contributed by atoms with Gasteiger partial charge in [-0.1, -0.05) is 35.4 Å². The van der Waals surface area contributed by atoms with Crippen LogP contribution in [-0.2, 0) is 24.8 Å². The van der Waals surface area contributed by atoms with Crippen LogP contribution in [-0.4, -0.2) is 28.5 Å². The summed E-state index contributed by atoms with van der Waals surface area (Å²) in [6.07, 6.45) is 0.740. The van der Waals surface area contributed by atoms with Crippen molar-refractivity contribution in [2.45, 2.75) is 19.9 Å². The van der Waals surface area contributed by atoms with E-state index in [4.69, 9.17) is 11.6 Å². The third kappa shape index (κ3) is 3.43. The summed E-state index contributed by atoms with van der Waals surface area (Å²) in [5.41, 5.74) is 4.55. The first kappa shape index (κ1) is 18.7. The summed E-state index contributed by atoms with van der Waals surface area (Å²) in [6.45, 7) is 3.42. The summed E-state index contributed by atoms with van der Waals surface area (Å²) in [4.78, 5) is 27.6. The summed E-state index contributed by atoms with van der Waals surface area (Å²) in [5.74, 6) is -0.134. The summed E-state index contributed by atoms with van der Waals surface area (Å²) in [6, 6.07) is 13.1. The number of fused-ring (bicyclic) bond motifs is 2. The minimum Gasteiger partial charge on any atom is -0.347 e. The van der Waals surface area contributed by atoms with Crippen molar-refractivity contribution in [3.63, 3.8) is 0 Å². The predicted octanol–water partition coefficient (Wildman–Crippen LogP) is 3.50. The average molecular weight is 396 g/mol. The fourth-order valence-corrected chi connectivity index (χ4v) is 4.09. The molecule has 3 aromatic rings. The van der Waals surface area contributed by atoms with Crippen LogP contribution in [0.25, 0.3) is 10.9 Å². The first-order valence-electron chi connectivity index (χ1n) is 9.32. The van der Waals surface area contributed by atoms with Crippen molar-refractivity contribution in [1.82, 2.24) is 9.47 Å². The van der Waals surface area contributed by atoms with E-state index in [0.29, 0.717) is 17.3 Å². The third-order valence-electron chi connectivity index (χ3n) is 5.35. The number of halogens is 1. The second-order valence-corrected chi connectivity index (χ2v) is 7.73. The molecule has 0 atom stereocenters. The largest absolute Gasteiger partial charge is 0.347 e. The van der Waals surface area contributed by atoms with Crippen molar-refractivity contribution in [3.05, 3.63) is 74.5 Å². The van der Waals surface area contributed by atoms with Crippen LogP contribution in [0.3, 0.4) is 0 Å². The Morgan fingerprint density at radius 1 is 1.21 bits per heavy atom. The molecule has 0 radical (unpaired) electrons. The SMILES string of the molecule is Cc1ccc2c(c1)c(=O)c1c(n2C)CCN(CC(=O)Nc2ccccc2Cl)C1. The molecule has 28 heavy (non-hydrogen) atoms. The van der Waals surface area contributed by atoms with Crippen LogP contribution in [0.2, 0.25) is 5.02 Å². The first-order valence-corrected chi connectivity index (χ1v) is 9.69. The Hall–Kier alpha value is -2.63. The minimum atomic E-state index is -0.134. The summed E-state index contributed by atoms with van der Waals surface area (Å²) in [7, 11) is 2.01. The Morgan fingerprint density at radius 2 is 2.00 bits per heavy atom. The van der Waals surface area contributed by atoms with Gasteiger partial charge in [0, 0.05) is 43.2 Å². The summed E-state index contributed by atoms with van der Waals surface area (Å²) >= 11 is 6.11. The van der Waals surface area contributed by atoms with Crippen molar-refractivity contribution >= 4 is 34.1 Å². The molecule has 0 aliphatic carbocycles. The maximum absolute atomic E-state index is 13.1. The van der Waals surface area contributed by atoms with Gasteiger partial charge in [0.25, 0.3) is 0 Å². The molecule has 0 spiro atoms. The van der Waals surface area contributed by atoms with Gasteiger partial charge in [0.1, 0.15) is 0 Å². The first-order chi connectivity index (χ1) is 13.4. The third-order valence-corrected chi connectivity index (χ3v) is 5.68. The molecule has 0 saturated carbocycles. The standard InChI is InChI=1S/C22H22ClN3O2/c1-14-7-8-19-15(11-14)22(28)16-12-26(10-9-20(16)25(19)2)13-21(27)24-18-6-4-3-5-17(18)23/h3-8,11H,9-10,12-13H2,1-2H3,(H,24,27). The quantitative estimate of drug-likeness (QED) is 0.738. The normalized spacial score (nSPS) is 14.1. The van der Waals surface area contributed by atoms with Crippen LogP contribution >= 0.6 is 11.6 Å². The molecular formula is C22H22ClN3O2. The van der Waals surface area contributed by atoms with E-state index in [1.165, 1.54) is 0 Å². The van der Waals surface area contributed by atoms with Crippen molar-refractivity contribution < 1.29 is 4.79 Å². The maximum atomic E-state index is 13.1. The molecule has 1 aromatic heterocycles. The van der Waals surface area contributed by atoms with E-state index in [0.717, 1.165) is 40.7 Å². The molecule has 0 bridgehead atoms. The number of nitrogens with one attached hydrogen (secondary N) is 1. The number of rotatable bonds is 3. The summed E-state index contributed by atoms with van der Waals surface area (Å²) < 4.78 is 2.12. The fraction of sp³-hybridized carbons (Fsp3) is 0.273. The van der Waals surface area contributed by atoms with Gasteiger partial charge in [0.15, 0.2) is 5.43 Å². The van der Waals surface area contributed by atoms with E-state index in [2.05, 4.69) is 9.88 Å². The number of benzene rings is 2. The lowest BCUT2D eigenvalue weighted by Crippen LogP contribution is -2.40. The molecule has 1 aliphatic heterocycles. The molecule has 4 rings (SSSR count). The van der Waals surface area contributed by atoms with Gasteiger partial charge in [-0.05, 0) is 31.2 Å². The maximum Gasteiger partial charge on any atom is 0.238 e. The van der Waals surface area contributed by atoms with Gasteiger partial charge >= 0.3 is 0 Å². The Balaban J connectivity index is 1.58. The number of aryl methyl sites for hydroxylation is 2. The van der Waals surface area contributed by atoms with Crippen LogP contribution in [0.1, 0.15) is 16.8 Å². The van der Waals surface area contributed by atoms with Gasteiger partial charge in [0.2, 0.25) is 5.91 Å². The van der Waals surface area contributed by atoms with Gasteiger partial charge in [-0.25, -0.2) is 0 Å². The van der Waals surface area contributed by atoms with E-state index >= 15 is 0 Å². The van der Waals surface area contributed by atoms with Crippen LogP contribution in [0, 0.1) is 6.92 Å². The van der Waals surface area contributed by atoms with E-state index in [9.17, 15) is 9.59 Å². The van der Waals surface area contributed by atoms with Crippen LogP contribution in [0.5, 0.6) is 0 Å². The zero-order valence-corrected chi connectivity index (χ0v) is 16.7. The molecule has 144 valence electrons. The van der Waals surface area contributed by atoms with Crippen LogP contribution in [0.15, 0.2) is 47.3 Å². The number of para-hydroxylation sites is 1. The highest BCUT2D eigenvalue weighted by atomic mass is 35.5. The van der Waals surface area contributed by atoms with Crippen molar-refractivity contribution in [2.75, 3.05) is 18.4 Å². The molecule has 1 amide bonds. The molecule has 6 heteroatoms. The number of carbonyl (C=O) groups is 1. The highest BCUT2D eigenvalue weighted by molar-refractivity contribution is 6.33. The van der Waals surface area contributed by atoms with Crippen molar-refractivity contribution in [3.8, 4) is 0 Å². The Bertz CT molecular complexity index is 1140. The van der Waals surface area contributed by atoms with E-state index in [1.807, 2.05) is 49.2 Å². The molecule has 5 nitrogen and oxygen atoms in total. The van der Waals surface area contributed by atoms with Gasteiger partial charge in [-0.3, -0.25) is 14.5 Å². The minimum absolute atomic E-state index is 0.0722. The van der Waals surface area contributed by atoms with E-state index in [-0.39, 0.29) is 17.9 Å². The Morgan fingerprint density at radius 3 is 2.79 bits per heavy atom. The second kappa shape index (κ2) is 7.41. The van der Waals surface area contributed by atoms with E-state index < -0.39 is 0 Å². The number of pyridine rings is 1. The second-order valence-electron chi connectivity index (χ2n) is 7.32. The van der Waals surface area contributed by atoms with E-state index in [1.54, 1.807) is 12.1 Å². The Kier molecular flexibility index (Phi) is 4.96. The molecule has 1 N–H and O–H groups in total. The smallest absolute Gasteiger partial charge is 0.238 e. The van der Waals surface area contributed by atoms with Gasteiger partial charge < -0.3 is 9.88 Å². The van der Waals surface area contributed by atoms with Crippen molar-refractivity contribution in [1.29, 1.82) is 0 Å². The van der Waals surface area contributed by atoms with Gasteiger partial charge in [-0.2, -0.15) is 0 Å². The molecule has 0 saturated heterocycles. The number of hydrogen-bond acceptors (Lipinski definition) is 3. The molecule has 2 heterocycles. The number of hydrogen-bond donors (Lipinski definition) is 1. The zero-order valence-electron chi connectivity index (χ0n) is 16.0. The number of carbonyl (C=O) groups excluding carboxylic acids is 1. The molecule has 0 fully saturated rings. The summed E-state index contributed by atoms with van der Waals surface area (Å²) in [5, 5.41) is 4.10. The monoisotopic (exact) mass is 395 g/mol. The lowest BCUT2D eigenvalue weighted by atomic mass is 10.0. The number of aromatic nitrogens is 1. The number of nitrogens with zero attached hydrogens (tertiary/aromatic N) is 2. The topological polar surface area (TPSA) is 54.3 Å². The zero-order chi connectivity index (χ0) is 19.8. The van der Waals surface area contributed by atoms with Gasteiger partial charge in [-0.15, -0.1) is 0 Å². The highest BCUT2D eigenvalue weighted by Gasteiger charge is 2.24. The molecular weight excluding hydrogens is 374 g/mol. The number of anilines is 1. The molecule has 1 aliphatic rings. The number of amides is 1. The van der Waals surface area contributed by atoms with Crippen molar-refractivity contribution in [2.24, 2.45) is 7.05 Å². The predicted molar refractivity (Wildman–Crippen MR) is 113 cm³/mol. The molecule has 0 unspecified atom stereocenters. The van der Waals surface area contributed by atoms with Gasteiger partial charge in [0.05, 0.1) is 22.8 Å². The molecule has 2 aromatic carbocycles. The van der Waals surface area contributed by atoms with Crippen LogP contribution in [0.4, 0.5) is 5.69 Å². The lowest BCUT2D eigenvalue weighted by Gasteiger charge is -2.30. The lowest BCUT2D eigenvalue weighted by molar-refractivity contribution is -0.117. The average Bonchev–Trinajstić information content (AvgIpc) is 2.68. The highest BCUT2D eigenvalue weighted by Crippen LogP contribution is 2.23. The Labute approximate surface area is 168 Å².